The molecule has 9 nitrogen and oxygen atoms in total. The summed E-state index contributed by atoms with van der Waals surface area (Å²) in [6.07, 6.45) is 1.32. The lowest BCUT2D eigenvalue weighted by molar-refractivity contribution is -0.385. The van der Waals surface area contributed by atoms with Gasteiger partial charge in [0.25, 0.3) is 0 Å². The van der Waals surface area contributed by atoms with E-state index in [1.165, 1.54) is 24.4 Å². The van der Waals surface area contributed by atoms with E-state index in [9.17, 15) is 10.1 Å². The lowest BCUT2D eigenvalue weighted by Gasteiger charge is -2.07. The minimum atomic E-state index is -0.590. The minimum absolute atomic E-state index is 0.0424. The van der Waals surface area contributed by atoms with Crippen LogP contribution in [-0.4, -0.2) is 25.9 Å². The Labute approximate surface area is 126 Å². The SMILES string of the molecule is N/C(=N/O)c1ccnc(Oc2c(Br)cccc2[N+](=O)[O-])n1. The number of aromatic nitrogens is 2. The monoisotopic (exact) mass is 353 g/mol. The fourth-order valence-electron chi connectivity index (χ4n) is 1.42. The Kier molecular flexibility index (Phi) is 4.28. The molecule has 108 valence electrons. The van der Waals surface area contributed by atoms with Crippen LogP contribution in [0.1, 0.15) is 5.69 Å². The highest BCUT2D eigenvalue weighted by Gasteiger charge is 2.20. The number of halogens is 1. The average molecular weight is 354 g/mol. The van der Waals surface area contributed by atoms with Crippen LogP contribution in [0.3, 0.4) is 0 Å². The summed E-state index contributed by atoms with van der Waals surface area (Å²) in [4.78, 5) is 18.1. The van der Waals surface area contributed by atoms with Gasteiger partial charge in [-0.15, -0.1) is 0 Å². The number of para-hydroxylation sites is 1. The molecule has 0 radical (unpaired) electrons. The molecule has 2 aromatic rings. The van der Waals surface area contributed by atoms with Crippen LogP contribution in [0.5, 0.6) is 11.8 Å². The maximum absolute atomic E-state index is 11.0. The molecule has 0 fully saturated rings. The molecule has 21 heavy (non-hydrogen) atoms. The molecule has 2 rings (SSSR count). The normalized spacial score (nSPS) is 11.2. The molecule has 1 heterocycles. The smallest absolute Gasteiger partial charge is 0.322 e. The standard InChI is InChI=1S/C11H8BrN5O4/c12-6-2-1-3-8(17(19)20)9(6)21-11-14-5-4-7(15-11)10(13)16-18/h1-5,18H,(H2,13,16). The van der Waals surface area contributed by atoms with Crippen molar-refractivity contribution >= 4 is 27.5 Å². The fraction of sp³-hybridized carbons (Fsp3) is 0. The molecule has 1 aromatic carbocycles. The van der Waals surface area contributed by atoms with Gasteiger partial charge in [-0.05, 0) is 28.1 Å². The molecule has 0 aliphatic rings. The first-order chi connectivity index (χ1) is 10.0. The van der Waals surface area contributed by atoms with Gasteiger partial charge in [-0.25, -0.2) is 4.98 Å². The van der Waals surface area contributed by atoms with Crippen LogP contribution in [0.25, 0.3) is 0 Å². The first kappa shape index (κ1) is 14.7. The lowest BCUT2D eigenvalue weighted by atomic mass is 10.3. The molecule has 3 N–H and O–H groups in total. The van der Waals surface area contributed by atoms with E-state index in [0.717, 1.165) is 0 Å². The van der Waals surface area contributed by atoms with Gasteiger partial charge in [0.1, 0.15) is 5.69 Å². The quantitative estimate of drug-likeness (QED) is 0.282. The Hall–Kier alpha value is -2.75. The van der Waals surface area contributed by atoms with Crippen LogP contribution in [0.4, 0.5) is 5.69 Å². The largest absolute Gasteiger partial charge is 0.416 e. The van der Waals surface area contributed by atoms with Gasteiger partial charge in [-0.1, -0.05) is 11.2 Å². The second-order valence-electron chi connectivity index (χ2n) is 3.66. The third kappa shape index (κ3) is 3.23. The van der Waals surface area contributed by atoms with E-state index < -0.39 is 4.92 Å². The zero-order valence-corrected chi connectivity index (χ0v) is 11.9. The van der Waals surface area contributed by atoms with Gasteiger partial charge in [0.05, 0.1) is 9.40 Å². The third-order valence-corrected chi connectivity index (χ3v) is 2.96. The molecular weight excluding hydrogens is 346 g/mol. The van der Waals surface area contributed by atoms with Gasteiger partial charge in [0, 0.05) is 12.3 Å². The second-order valence-corrected chi connectivity index (χ2v) is 4.51. The minimum Gasteiger partial charge on any atom is -0.416 e. The molecular formula is C11H8BrN5O4. The predicted octanol–water partition coefficient (Wildman–Crippen LogP) is 2.03. The number of ether oxygens (including phenoxy) is 1. The molecule has 0 aliphatic carbocycles. The van der Waals surface area contributed by atoms with E-state index in [2.05, 4.69) is 31.1 Å². The first-order valence-electron chi connectivity index (χ1n) is 5.44. The van der Waals surface area contributed by atoms with E-state index in [1.54, 1.807) is 6.07 Å². The Morgan fingerprint density at radius 2 is 2.24 bits per heavy atom. The van der Waals surface area contributed by atoms with Crippen molar-refractivity contribution in [3.63, 3.8) is 0 Å². The van der Waals surface area contributed by atoms with Crippen molar-refractivity contribution in [2.75, 3.05) is 0 Å². The van der Waals surface area contributed by atoms with Crippen LogP contribution in [0, 0.1) is 10.1 Å². The number of nitro groups is 1. The number of hydrogen-bond donors (Lipinski definition) is 2. The summed E-state index contributed by atoms with van der Waals surface area (Å²) in [7, 11) is 0. The van der Waals surface area contributed by atoms with Crippen LogP contribution in [0.2, 0.25) is 0 Å². The van der Waals surface area contributed by atoms with Crippen molar-refractivity contribution in [2.45, 2.75) is 0 Å². The van der Waals surface area contributed by atoms with Gasteiger partial charge in [0.2, 0.25) is 5.75 Å². The van der Waals surface area contributed by atoms with E-state index in [1.807, 2.05) is 0 Å². The summed E-state index contributed by atoms with van der Waals surface area (Å²) in [6.45, 7) is 0. The van der Waals surface area contributed by atoms with Crippen molar-refractivity contribution in [2.24, 2.45) is 10.9 Å². The maximum Gasteiger partial charge on any atom is 0.322 e. The van der Waals surface area contributed by atoms with Crippen molar-refractivity contribution in [1.82, 2.24) is 9.97 Å². The number of nitro benzene ring substituents is 1. The summed E-state index contributed by atoms with van der Waals surface area (Å²) >= 11 is 3.16. The maximum atomic E-state index is 11.0. The number of hydrogen-bond acceptors (Lipinski definition) is 7. The van der Waals surface area contributed by atoms with Crippen molar-refractivity contribution in [3.05, 3.63) is 50.7 Å². The van der Waals surface area contributed by atoms with Crippen molar-refractivity contribution in [3.8, 4) is 11.8 Å². The van der Waals surface area contributed by atoms with Gasteiger partial charge in [0.15, 0.2) is 5.84 Å². The Morgan fingerprint density at radius 1 is 1.48 bits per heavy atom. The molecule has 10 heteroatoms. The summed E-state index contributed by atoms with van der Waals surface area (Å²) in [5.41, 5.74) is 5.28. The average Bonchev–Trinajstić information content (AvgIpc) is 2.48. The molecule has 1 aromatic heterocycles. The summed E-state index contributed by atoms with van der Waals surface area (Å²) in [6, 6.07) is 5.59. The molecule has 0 saturated heterocycles. The highest BCUT2D eigenvalue weighted by atomic mass is 79.9. The number of benzene rings is 1. The lowest BCUT2D eigenvalue weighted by Crippen LogP contribution is -2.15. The highest BCUT2D eigenvalue weighted by molar-refractivity contribution is 9.10. The van der Waals surface area contributed by atoms with Crippen LogP contribution in [-0.2, 0) is 0 Å². The van der Waals surface area contributed by atoms with Crippen molar-refractivity contribution < 1.29 is 14.9 Å². The molecule has 0 spiro atoms. The van der Waals surface area contributed by atoms with Gasteiger partial charge >= 0.3 is 11.7 Å². The zero-order valence-electron chi connectivity index (χ0n) is 10.3. The van der Waals surface area contributed by atoms with Crippen LogP contribution >= 0.6 is 15.9 Å². The summed E-state index contributed by atoms with van der Waals surface area (Å²) in [5.74, 6) is -0.275. The van der Waals surface area contributed by atoms with Gasteiger partial charge < -0.3 is 15.7 Å². The van der Waals surface area contributed by atoms with Gasteiger partial charge in [-0.3, -0.25) is 10.1 Å². The zero-order chi connectivity index (χ0) is 15.4. The van der Waals surface area contributed by atoms with Crippen LogP contribution in [0.15, 0.2) is 40.1 Å². The highest BCUT2D eigenvalue weighted by Crippen LogP contribution is 2.36. The van der Waals surface area contributed by atoms with E-state index >= 15 is 0 Å². The third-order valence-electron chi connectivity index (χ3n) is 2.34. The summed E-state index contributed by atoms with van der Waals surface area (Å²) < 4.78 is 5.70. The van der Waals surface area contributed by atoms with Crippen molar-refractivity contribution in [1.29, 1.82) is 0 Å². The van der Waals surface area contributed by atoms with E-state index in [-0.39, 0.29) is 29.0 Å². The Morgan fingerprint density at radius 3 is 2.90 bits per heavy atom. The second kappa shape index (κ2) is 6.13. The Bertz CT molecular complexity index is 722. The topological polar surface area (TPSA) is 137 Å². The molecule has 0 saturated carbocycles. The number of rotatable bonds is 4. The van der Waals surface area contributed by atoms with Gasteiger partial charge in [-0.2, -0.15) is 4.98 Å². The number of nitrogens with zero attached hydrogens (tertiary/aromatic N) is 4. The fourth-order valence-corrected chi connectivity index (χ4v) is 1.85. The van der Waals surface area contributed by atoms with E-state index in [4.69, 9.17) is 15.7 Å². The molecule has 0 atom stereocenters. The van der Waals surface area contributed by atoms with E-state index in [0.29, 0.717) is 4.47 Å². The Balaban J connectivity index is 2.41. The molecule has 0 amide bonds. The first-order valence-corrected chi connectivity index (χ1v) is 6.24. The molecule has 0 aliphatic heterocycles. The van der Waals surface area contributed by atoms with Crippen LogP contribution < -0.4 is 10.5 Å². The summed E-state index contributed by atoms with van der Waals surface area (Å²) in [5, 5.41) is 22.4. The number of nitrogens with two attached hydrogens (primary N) is 1. The number of oxime groups is 1. The molecule has 0 bridgehead atoms. The predicted molar refractivity (Wildman–Crippen MR) is 75.4 cm³/mol. The molecule has 0 unspecified atom stereocenters. The number of amidine groups is 1.